The fraction of sp³-hybridized carbons (Fsp3) is 0.310. The van der Waals surface area contributed by atoms with Gasteiger partial charge in [0, 0.05) is 0 Å². The van der Waals surface area contributed by atoms with E-state index in [1.807, 2.05) is 26.0 Å². The predicted molar refractivity (Wildman–Crippen MR) is 139 cm³/mol. The van der Waals surface area contributed by atoms with E-state index >= 15 is 0 Å². The number of fused-ring (bicyclic) bond motifs is 1. The number of halogens is 3. The van der Waals surface area contributed by atoms with E-state index in [1.165, 1.54) is 16.7 Å². The zero-order chi connectivity index (χ0) is 27.8. The molecular weight excluding hydrogens is 497 g/mol. The van der Waals surface area contributed by atoms with Gasteiger partial charge in [-0.1, -0.05) is 24.3 Å². The predicted octanol–water partition coefficient (Wildman–Crippen LogP) is 6.20. The molecule has 0 saturated heterocycles. The number of benzene rings is 3. The molecule has 0 saturated carbocycles. The molecule has 0 unspecified atom stereocenters. The maximum Gasteiger partial charge on any atom is 0.416 e. The Hall–Kier alpha value is -4.01. The van der Waals surface area contributed by atoms with Gasteiger partial charge in [0.25, 0.3) is 0 Å². The molecule has 6 nitrogen and oxygen atoms in total. The third-order valence-corrected chi connectivity index (χ3v) is 6.27. The summed E-state index contributed by atoms with van der Waals surface area (Å²) in [5.41, 5.74) is 1.66. The largest absolute Gasteiger partial charge is 0.476 e. The van der Waals surface area contributed by atoms with E-state index in [0.29, 0.717) is 22.5 Å². The van der Waals surface area contributed by atoms with E-state index < -0.39 is 23.3 Å². The Morgan fingerprint density at radius 3 is 2.05 bits per heavy atom. The smallest absolute Gasteiger partial charge is 0.416 e. The fourth-order valence-electron chi connectivity index (χ4n) is 4.49. The molecule has 0 bridgehead atoms. The number of para-hydroxylation sites is 2. The standard InChI is InChI=1S/C29H29F3N2O4/c1-6-37-26(35)28(4,5)38-25-18(2)15-20(16-19(25)3)17-33-23-9-7-8-10-24(23)34(27(33)36)22-13-11-21(12-14-22)29(30,31)32/h7-16H,6,17H2,1-5H3. The number of imidazole rings is 1. The minimum Gasteiger partial charge on any atom is -0.476 e. The number of rotatable bonds is 7. The van der Waals surface area contributed by atoms with Gasteiger partial charge >= 0.3 is 17.8 Å². The average molecular weight is 527 g/mol. The number of carbonyl (C=O) groups excluding carboxylic acids is 1. The van der Waals surface area contributed by atoms with Crippen LogP contribution < -0.4 is 10.4 Å². The summed E-state index contributed by atoms with van der Waals surface area (Å²) in [6, 6.07) is 15.5. The van der Waals surface area contributed by atoms with Crippen LogP contribution in [-0.4, -0.2) is 27.3 Å². The third-order valence-electron chi connectivity index (χ3n) is 6.27. The summed E-state index contributed by atoms with van der Waals surface area (Å²) < 4.78 is 53.3. The lowest BCUT2D eigenvalue weighted by Gasteiger charge is -2.26. The molecule has 0 atom stereocenters. The number of aryl methyl sites for hydroxylation is 2. The maximum absolute atomic E-state index is 13.6. The zero-order valence-electron chi connectivity index (χ0n) is 21.8. The zero-order valence-corrected chi connectivity index (χ0v) is 21.8. The number of alkyl halides is 3. The van der Waals surface area contributed by atoms with Gasteiger partial charge in [-0.2, -0.15) is 13.2 Å². The summed E-state index contributed by atoms with van der Waals surface area (Å²) in [4.78, 5) is 25.9. The van der Waals surface area contributed by atoms with E-state index in [0.717, 1.165) is 28.8 Å². The average Bonchev–Trinajstić information content (AvgIpc) is 3.12. The SMILES string of the molecule is CCOC(=O)C(C)(C)Oc1c(C)cc(Cn2c(=O)n(-c3ccc(C(F)(F)F)cc3)c3ccccc32)cc1C. The Balaban J connectivity index is 1.72. The van der Waals surface area contributed by atoms with Crippen molar-refractivity contribution in [2.24, 2.45) is 0 Å². The van der Waals surface area contributed by atoms with Crippen molar-refractivity contribution in [2.75, 3.05) is 6.61 Å². The molecule has 4 rings (SSSR count). The van der Waals surface area contributed by atoms with Crippen molar-refractivity contribution >= 4 is 17.0 Å². The Labute approximate surface area is 218 Å². The quantitative estimate of drug-likeness (QED) is 0.269. The first kappa shape index (κ1) is 27.0. The molecule has 0 spiro atoms. The van der Waals surface area contributed by atoms with Gasteiger partial charge in [-0.15, -0.1) is 0 Å². The van der Waals surface area contributed by atoms with Gasteiger partial charge in [0.1, 0.15) is 5.75 Å². The monoisotopic (exact) mass is 526 g/mol. The van der Waals surface area contributed by atoms with Gasteiger partial charge in [-0.3, -0.25) is 9.13 Å². The highest BCUT2D eigenvalue weighted by atomic mass is 19.4. The first-order chi connectivity index (χ1) is 17.8. The number of nitrogens with zero attached hydrogens (tertiary/aromatic N) is 2. The number of carbonyl (C=O) groups is 1. The molecule has 1 aromatic heterocycles. The molecule has 200 valence electrons. The van der Waals surface area contributed by atoms with Gasteiger partial charge in [-0.05, 0) is 87.7 Å². The van der Waals surface area contributed by atoms with Crippen molar-refractivity contribution in [2.45, 2.75) is 52.9 Å². The lowest BCUT2D eigenvalue weighted by Crippen LogP contribution is -2.40. The van der Waals surface area contributed by atoms with Crippen LogP contribution in [0.25, 0.3) is 16.7 Å². The van der Waals surface area contributed by atoms with Crippen LogP contribution in [-0.2, 0) is 22.3 Å². The van der Waals surface area contributed by atoms with E-state index in [-0.39, 0.29) is 18.8 Å². The molecule has 0 aliphatic heterocycles. The lowest BCUT2D eigenvalue weighted by atomic mass is 10.0. The molecule has 1 heterocycles. The molecule has 0 amide bonds. The summed E-state index contributed by atoms with van der Waals surface area (Å²) in [7, 11) is 0. The minimum atomic E-state index is -4.46. The topological polar surface area (TPSA) is 62.5 Å². The van der Waals surface area contributed by atoms with Crippen LogP contribution in [0.5, 0.6) is 5.75 Å². The molecule has 0 fully saturated rings. The van der Waals surface area contributed by atoms with Crippen LogP contribution in [0.4, 0.5) is 13.2 Å². The van der Waals surface area contributed by atoms with Crippen LogP contribution >= 0.6 is 0 Å². The summed E-state index contributed by atoms with van der Waals surface area (Å²) in [5.74, 6) is 0.0943. The molecule has 0 radical (unpaired) electrons. The van der Waals surface area contributed by atoms with Crippen molar-refractivity contribution < 1.29 is 27.4 Å². The number of ether oxygens (including phenoxy) is 2. The lowest BCUT2D eigenvalue weighted by molar-refractivity contribution is -0.158. The van der Waals surface area contributed by atoms with Crippen molar-refractivity contribution in [3.63, 3.8) is 0 Å². The van der Waals surface area contributed by atoms with Gasteiger partial charge in [0.15, 0.2) is 5.60 Å². The Bertz CT molecular complexity index is 1520. The van der Waals surface area contributed by atoms with E-state index in [9.17, 15) is 22.8 Å². The van der Waals surface area contributed by atoms with Crippen molar-refractivity contribution in [3.05, 3.63) is 93.4 Å². The van der Waals surface area contributed by atoms with Gasteiger partial charge in [0.05, 0.1) is 35.4 Å². The van der Waals surface area contributed by atoms with Crippen molar-refractivity contribution in [1.29, 1.82) is 0 Å². The van der Waals surface area contributed by atoms with Crippen molar-refractivity contribution in [1.82, 2.24) is 9.13 Å². The molecule has 0 aliphatic carbocycles. The third kappa shape index (κ3) is 5.18. The summed E-state index contributed by atoms with van der Waals surface area (Å²) >= 11 is 0. The van der Waals surface area contributed by atoms with E-state index in [4.69, 9.17) is 9.47 Å². The summed E-state index contributed by atoms with van der Waals surface area (Å²) in [6.07, 6.45) is -4.46. The normalized spacial score (nSPS) is 12.1. The van der Waals surface area contributed by atoms with Crippen molar-refractivity contribution in [3.8, 4) is 11.4 Å². The number of hydrogen-bond donors (Lipinski definition) is 0. The number of aromatic nitrogens is 2. The Kier molecular flexibility index (Phi) is 7.14. The second kappa shape index (κ2) is 10.0. The molecule has 3 aromatic carbocycles. The highest BCUT2D eigenvalue weighted by Crippen LogP contribution is 2.31. The molecule has 0 aliphatic rings. The first-order valence-electron chi connectivity index (χ1n) is 12.2. The minimum absolute atomic E-state index is 0.232. The number of hydrogen-bond acceptors (Lipinski definition) is 4. The molecule has 9 heteroatoms. The van der Waals surface area contributed by atoms with Crippen LogP contribution in [0.1, 0.15) is 43.0 Å². The van der Waals surface area contributed by atoms with Gasteiger partial charge in [0.2, 0.25) is 0 Å². The number of esters is 1. The molecule has 0 N–H and O–H groups in total. The highest BCUT2D eigenvalue weighted by molar-refractivity contribution is 5.79. The highest BCUT2D eigenvalue weighted by Gasteiger charge is 2.33. The summed E-state index contributed by atoms with van der Waals surface area (Å²) in [5, 5.41) is 0. The maximum atomic E-state index is 13.6. The van der Waals surface area contributed by atoms with Gasteiger partial charge < -0.3 is 9.47 Å². The Morgan fingerprint density at radius 1 is 0.921 bits per heavy atom. The Morgan fingerprint density at radius 2 is 1.50 bits per heavy atom. The van der Waals surface area contributed by atoms with Crippen LogP contribution in [0.3, 0.4) is 0 Å². The van der Waals surface area contributed by atoms with E-state index in [2.05, 4.69) is 0 Å². The molecule has 4 aromatic rings. The van der Waals surface area contributed by atoms with Crippen LogP contribution in [0, 0.1) is 13.8 Å². The second-order valence-electron chi connectivity index (χ2n) is 9.63. The van der Waals surface area contributed by atoms with Crippen LogP contribution in [0.15, 0.2) is 65.5 Å². The van der Waals surface area contributed by atoms with E-state index in [1.54, 1.807) is 49.6 Å². The second-order valence-corrected chi connectivity index (χ2v) is 9.63. The van der Waals surface area contributed by atoms with Gasteiger partial charge in [-0.25, -0.2) is 9.59 Å². The van der Waals surface area contributed by atoms with Crippen LogP contribution in [0.2, 0.25) is 0 Å². The summed E-state index contributed by atoms with van der Waals surface area (Å²) in [6.45, 7) is 9.23. The molecule has 38 heavy (non-hydrogen) atoms. The fourth-order valence-corrected chi connectivity index (χ4v) is 4.49. The molecular formula is C29H29F3N2O4. The first-order valence-corrected chi connectivity index (χ1v) is 12.2.